The number of nitrogens with one attached hydrogen (secondary N) is 1. The molecular weight excluding hydrogens is 496 g/mol. The lowest BCUT2D eigenvalue weighted by Crippen LogP contribution is -2.69. The predicted molar refractivity (Wildman–Crippen MR) is 153 cm³/mol. The molecule has 7 nitrogen and oxygen atoms in total. The topological polar surface area (TPSA) is 68.1 Å². The molecule has 0 atom stereocenters. The molecule has 1 aromatic carbocycles. The number of fused-ring (bicyclic) bond motifs is 1. The highest BCUT2D eigenvalue weighted by atomic mass is 35.5. The van der Waals surface area contributed by atoms with Crippen LogP contribution >= 0.6 is 11.6 Å². The first-order chi connectivity index (χ1) is 18.2. The first-order valence-electron chi connectivity index (χ1n) is 14.3. The number of aromatic nitrogens is 4. The van der Waals surface area contributed by atoms with Crippen molar-refractivity contribution in [2.75, 3.05) is 32.1 Å². The van der Waals surface area contributed by atoms with Crippen molar-refractivity contribution in [3.8, 4) is 0 Å². The van der Waals surface area contributed by atoms with E-state index in [-0.39, 0.29) is 5.54 Å². The summed E-state index contributed by atoms with van der Waals surface area (Å²) in [7, 11) is 1.80. The fourth-order valence-electron chi connectivity index (χ4n) is 7.62. The summed E-state index contributed by atoms with van der Waals surface area (Å²) in [6, 6.07) is 4.23. The summed E-state index contributed by atoms with van der Waals surface area (Å²) in [6.07, 6.45) is 11.9. The maximum atomic E-state index is 6.80. The fourth-order valence-corrected chi connectivity index (χ4v) is 7.95. The third-order valence-electron chi connectivity index (χ3n) is 10.2. The highest BCUT2D eigenvalue weighted by Crippen LogP contribution is 2.71. The molecule has 3 aromatic rings. The fraction of sp³-hybridized carbons (Fsp3) is 0.633. The second-order valence-corrected chi connectivity index (χ2v) is 12.9. The lowest BCUT2D eigenvalue weighted by Gasteiger charge is -2.70. The first kappa shape index (κ1) is 26.0. The Balaban J connectivity index is 1.18. The molecule has 3 heterocycles. The van der Waals surface area contributed by atoms with Gasteiger partial charge >= 0.3 is 0 Å². The monoisotopic (exact) mass is 536 g/mol. The molecule has 2 aromatic heterocycles. The summed E-state index contributed by atoms with van der Waals surface area (Å²) >= 11 is 6.80. The molecule has 204 valence electrons. The van der Waals surface area contributed by atoms with Crippen LogP contribution in [0.5, 0.6) is 0 Å². The lowest BCUT2D eigenvalue weighted by atomic mass is 9.39. The Kier molecular flexibility index (Phi) is 6.48. The van der Waals surface area contributed by atoms with Gasteiger partial charge in [-0.3, -0.25) is 9.58 Å². The summed E-state index contributed by atoms with van der Waals surface area (Å²) in [6.45, 7) is 12.2. The summed E-state index contributed by atoms with van der Waals surface area (Å²) in [5.74, 6) is 1.06. The van der Waals surface area contributed by atoms with Crippen LogP contribution in [0.4, 0.5) is 11.6 Å². The van der Waals surface area contributed by atoms with Crippen molar-refractivity contribution in [1.82, 2.24) is 24.6 Å². The smallest absolute Gasteiger partial charge is 0.227 e. The van der Waals surface area contributed by atoms with Gasteiger partial charge in [-0.15, -0.1) is 0 Å². The normalized spacial score (nSPS) is 25.8. The van der Waals surface area contributed by atoms with E-state index in [9.17, 15) is 0 Å². The third-order valence-corrected chi connectivity index (χ3v) is 10.5. The molecule has 0 unspecified atom stereocenters. The van der Waals surface area contributed by atoms with Crippen molar-refractivity contribution >= 4 is 34.1 Å². The molecule has 8 heteroatoms. The van der Waals surface area contributed by atoms with Crippen molar-refractivity contribution in [1.29, 1.82) is 0 Å². The van der Waals surface area contributed by atoms with E-state index in [4.69, 9.17) is 26.4 Å². The molecule has 3 aliphatic carbocycles. The van der Waals surface area contributed by atoms with Crippen molar-refractivity contribution in [2.45, 2.75) is 89.6 Å². The van der Waals surface area contributed by atoms with E-state index >= 15 is 0 Å². The number of methoxy groups -OCH3 is 1. The number of hydrogen-bond acceptors (Lipinski definition) is 6. The summed E-state index contributed by atoms with van der Waals surface area (Å²) in [4.78, 5) is 12.2. The number of piperidine rings is 1. The van der Waals surface area contributed by atoms with Crippen LogP contribution in [0.2, 0.25) is 5.02 Å². The van der Waals surface area contributed by atoms with E-state index in [2.05, 4.69) is 53.6 Å². The van der Waals surface area contributed by atoms with Crippen LogP contribution in [0.25, 0.3) is 10.9 Å². The number of rotatable bonds is 9. The molecule has 1 saturated heterocycles. The van der Waals surface area contributed by atoms with Gasteiger partial charge in [-0.2, -0.15) is 5.10 Å². The van der Waals surface area contributed by atoms with Crippen molar-refractivity contribution in [2.24, 2.45) is 5.41 Å². The molecule has 0 amide bonds. The van der Waals surface area contributed by atoms with Gasteiger partial charge in [0.1, 0.15) is 0 Å². The predicted octanol–water partition coefficient (Wildman–Crippen LogP) is 6.82. The summed E-state index contributed by atoms with van der Waals surface area (Å²) in [5, 5.41) is 9.99. The number of ether oxygens (including phenoxy) is 1. The molecule has 3 saturated carbocycles. The van der Waals surface area contributed by atoms with Crippen LogP contribution < -0.4 is 5.32 Å². The second kappa shape index (κ2) is 9.46. The highest BCUT2D eigenvalue weighted by Gasteiger charge is 2.69. The number of hydrogen-bond donors (Lipinski definition) is 1. The van der Waals surface area contributed by atoms with Crippen LogP contribution in [0.15, 0.2) is 24.5 Å². The van der Waals surface area contributed by atoms with E-state index in [0.29, 0.717) is 22.8 Å². The van der Waals surface area contributed by atoms with Gasteiger partial charge < -0.3 is 10.1 Å². The largest absolute Gasteiger partial charge is 0.384 e. The maximum absolute atomic E-state index is 6.80. The van der Waals surface area contributed by atoms with Crippen LogP contribution in [-0.4, -0.2) is 57.0 Å². The lowest BCUT2D eigenvalue weighted by molar-refractivity contribution is -0.218. The molecule has 2 bridgehead atoms. The van der Waals surface area contributed by atoms with Gasteiger partial charge in [0.15, 0.2) is 0 Å². The zero-order chi connectivity index (χ0) is 26.7. The van der Waals surface area contributed by atoms with E-state index in [0.717, 1.165) is 79.1 Å². The van der Waals surface area contributed by atoms with E-state index in [1.807, 2.05) is 18.5 Å². The molecule has 0 radical (unpaired) electrons. The highest BCUT2D eigenvalue weighted by molar-refractivity contribution is 6.32. The van der Waals surface area contributed by atoms with Gasteiger partial charge in [-0.05, 0) is 95.5 Å². The Morgan fingerprint density at radius 2 is 1.84 bits per heavy atom. The first-order valence-corrected chi connectivity index (χ1v) is 14.6. The molecule has 0 spiro atoms. The van der Waals surface area contributed by atoms with Gasteiger partial charge in [-0.1, -0.05) is 25.4 Å². The van der Waals surface area contributed by atoms with Crippen LogP contribution in [0.3, 0.4) is 0 Å². The maximum Gasteiger partial charge on any atom is 0.227 e. The minimum Gasteiger partial charge on any atom is -0.384 e. The van der Waals surface area contributed by atoms with E-state index in [1.165, 1.54) is 18.4 Å². The average Bonchev–Trinajstić information content (AvgIpc) is 3.24. The molecule has 1 aliphatic heterocycles. The second-order valence-electron chi connectivity index (χ2n) is 12.5. The Morgan fingerprint density at radius 3 is 2.50 bits per heavy atom. The van der Waals surface area contributed by atoms with Crippen molar-refractivity contribution in [3.63, 3.8) is 0 Å². The van der Waals surface area contributed by atoms with Gasteiger partial charge in [0.2, 0.25) is 5.95 Å². The zero-order valence-electron chi connectivity index (χ0n) is 23.5. The quantitative estimate of drug-likeness (QED) is 0.324. The van der Waals surface area contributed by atoms with Crippen molar-refractivity contribution < 1.29 is 4.74 Å². The minimum atomic E-state index is 0.166. The number of nitrogens with zero attached hydrogens (tertiary/aromatic N) is 5. The average molecular weight is 537 g/mol. The van der Waals surface area contributed by atoms with Gasteiger partial charge in [0.05, 0.1) is 35.2 Å². The number of benzene rings is 1. The molecule has 4 fully saturated rings. The van der Waals surface area contributed by atoms with Crippen molar-refractivity contribution in [3.05, 3.63) is 40.8 Å². The molecule has 7 rings (SSSR count). The molecule has 38 heavy (non-hydrogen) atoms. The van der Waals surface area contributed by atoms with E-state index in [1.54, 1.807) is 7.11 Å². The Morgan fingerprint density at radius 1 is 1.13 bits per heavy atom. The SMILES string of the molecule is CCC(C)(CC)N1CCC(c2cc3nc(Nc4cnn(C56CC(COC)(C5)C6)c4C)ncc3cc2Cl)CC1. The van der Waals surface area contributed by atoms with Crippen LogP contribution in [0, 0.1) is 12.3 Å². The Hall–Kier alpha value is -2.22. The van der Waals surface area contributed by atoms with Gasteiger partial charge in [-0.25, -0.2) is 9.97 Å². The third kappa shape index (κ3) is 4.13. The molecule has 4 aliphatic rings. The number of halogens is 1. The van der Waals surface area contributed by atoms with Gasteiger partial charge in [0.25, 0.3) is 0 Å². The summed E-state index contributed by atoms with van der Waals surface area (Å²) < 4.78 is 7.64. The Bertz CT molecular complexity index is 1320. The van der Waals surface area contributed by atoms with Crippen LogP contribution in [0.1, 0.15) is 82.9 Å². The minimum absolute atomic E-state index is 0.166. The molecule has 1 N–H and O–H groups in total. The zero-order valence-corrected chi connectivity index (χ0v) is 24.2. The van der Waals surface area contributed by atoms with Crippen LogP contribution in [-0.2, 0) is 10.3 Å². The van der Waals surface area contributed by atoms with Gasteiger partial charge in [0, 0.05) is 34.7 Å². The number of anilines is 2. The molecular formula is C30H41ClN6O. The summed E-state index contributed by atoms with van der Waals surface area (Å²) in [5.41, 5.74) is 5.09. The van der Waals surface area contributed by atoms with E-state index < -0.39 is 0 Å². The standard InChI is InChI=1S/C30H41ClN6O/c1-6-28(4,7-2)36-10-8-21(9-11-36)23-13-25-22(12-24(23)31)14-32-27(34-25)35-26-15-33-37(20(26)3)30-16-29(17-30,18-30)19-38-5/h12-15,21H,6-11,16-19H2,1-5H3,(H,32,34,35). The Labute approximate surface area is 231 Å². The number of likely N-dealkylation sites (tertiary alicyclic amines) is 1.